The van der Waals surface area contributed by atoms with Gasteiger partial charge in [0.05, 0.1) is 17.4 Å². The van der Waals surface area contributed by atoms with Crippen molar-refractivity contribution in [2.24, 2.45) is 5.29 Å². The van der Waals surface area contributed by atoms with Crippen LogP contribution in [0.2, 0.25) is 0 Å². The molecule has 64 valence electrons. The highest BCUT2D eigenvalue weighted by atomic mass is 16.3. The first kappa shape index (κ1) is 8.46. The van der Waals surface area contributed by atoms with Gasteiger partial charge in [-0.15, -0.1) is 4.91 Å². The van der Waals surface area contributed by atoms with E-state index < -0.39 is 6.10 Å². The highest BCUT2D eigenvalue weighted by molar-refractivity contribution is 4.77. The predicted octanol–water partition coefficient (Wildman–Crippen LogP) is 0.903. The van der Waals surface area contributed by atoms with Crippen LogP contribution in [0.25, 0.3) is 0 Å². The lowest BCUT2D eigenvalue weighted by molar-refractivity contribution is 0.0371. The van der Waals surface area contributed by atoms with Crippen LogP contribution in [0.3, 0.4) is 0 Å². The van der Waals surface area contributed by atoms with Crippen LogP contribution in [0.5, 0.6) is 0 Å². The minimum absolute atomic E-state index is 0.0544. The van der Waals surface area contributed by atoms with Gasteiger partial charge in [0.1, 0.15) is 0 Å². The number of aliphatic hydroxyl groups is 1. The summed E-state index contributed by atoms with van der Waals surface area (Å²) in [5.41, 5.74) is 0. The molecule has 0 aromatic carbocycles. The fourth-order valence-corrected chi connectivity index (χ4v) is 1.53. The fourth-order valence-electron chi connectivity index (χ4n) is 1.53. The van der Waals surface area contributed by atoms with E-state index in [4.69, 9.17) is 0 Å². The molecule has 4 heteroatoms. The lowest BCUT2D eigenvalue weighted by Crippen LogP contribution is -2.42. The maximum absolute atomic E-state index is 10.2. The molecule has 0 aromatic heterocycles. The minimum atomic E-state index is -0.451. The Morgan fingerprint density at radius 2 is 2.36 bits per heavy atom. The second-order valence-corrected chi connectivity index (χ2v) is 3.05. The van der Waals surface area contributed by atoms with Gasteiger partial charge in [0.15, 0.2) is 0 Å². The Hall–Kier alpha value is -0.640. The lowest BCUT2D eigenvalue weighted by atomic mass is 10.0. The summed E-state index contributed by atoms with van der Waals surface area (Å²) in [6, 6.07) is -0.0544. The molecule has 0 amide bonds. The smallest absolute Gasteiger partial charge is 0.0758 e. The molecule has 0 spiro atoms. The average molecular weight is 158 g/mol. The molecule has 1 rings (SSSR count). The zero-order valence-electron chi connectivity index (χ0n) is 6.73. The Kier molecular flexibility index (Phi) is 2.82. The lowest BCUT2D eigenvalue weighted by Gasteiger charge is -2.32. The van der Waals surface area contributed by atoms with Crippen molar-refractivity contribution in [1.82, 2.24) is 5.01 Å². The topological polar surface area (TPSA) is 52.9 Å². The second-order valence-electron chi connectivity index (χ2n) is 3.05. The van der Waals surface area contributed by atoms with E-state index in [1.165, 1.54) is 5.01 Å². The molecule has 4 nitrogen and oxygen atoms in total. The molecule has 0 radical (unpaired) electrons. The first-order valence-electron chi connectivity index (χ1n) is 4.03. The van der Waals surface area contributed by atoms with Crippen molar-refractivity contribution >= 4 is 0 Å². The van der Waals surface area contributed by atoms with Crippen LogP contribution < -0.4 is 0 Å². The Labute approximate surface area is 66.1 Å². The molecule has 1 aliphatic rings. The number of rotatable bonds is 2. The molecule has 0 saturated carbocycles. The van der Waals surface area contributed by atoms with Crippen molar-refractivity contribution in [1.29, 1.82) is 0 Å². The van der Waals surface area contributed by atoms with Crippen LogP contribution in [0, 0.1) is 4.91 Å². The van der Waals surface area contributed by atoms with E-state index in [2.05, 4.69) is 5.29 Å². The van der Waals surface area contributed by atoms with Gasteiger partial charge in [-0.25, -0.2) is 0 Å². The zero-order chi connectivity index (χ0) is 8.27. The van der Waals surface area contributed by atoms with Crippen LogP contribution in [-0.4, -0.2) is 28.8 Å². The normalized spacial score (nSPS) is 28.2. The summed E-state index contributed by atoms with van der Waals surface area (Å²) in [5, 5.41) is 13.6. The van der Waals surface area contributed by atoms with Crippen molar-refractivity contribution in [3.05, 3.63) is 4.91 Å². The quantitative estimate of drug-likeness (QED) is 0.607. The van der Waals surface area contributed by atoms with Gasteiger partial charge < -0.3 is 5.11 Å². The number of nitrogens with zero attached hydrogens (tertiary/aromatic N) is 2. The Balaban J connectivity index is 2.51. The van der Waals surface area contributed by atoms with Crippen LogP contribution in [0.4, 0.5) is 0 Å². The van der Waals surface area contributed by atoms with E-state index in [1.807, 2.05) is 0 Å². The summed E-state index contributed by atoms with van der Waals surface area (Å²) in [6.45, 7) is 2.40. The number of nitroso groups, excluding NO2 is 1. The number of aliphatic hydroxyl groups excluding tert-OH is 1. The summed E-state index contributed by atoms with van der Waals surface area (Å²) in [7, 11) is 0. The molecule has 2 unspecified atom stereocenters. The summed E-state index contributed by atoms with van der Waals surface area (Å²) < 4.78 is 0. The van der Waals surface area contributed by atoms with Crippen molar-refractivity contribution in [2.75, 3.05) is 6.54 Å². The summed E-state index contributed by atoms with van der Waals surface area (Å²) >= 11 is 0. The molecule has 11 heavy (non-hydrogen) atoms. The third kappa shape index (κ3) is 1.89. The number of hydrogen-bond donors (Lipinski definition) is 1. The Morgan fingerprint density at radius 3 is 2.82 bits per heavy atom. The molecule has 1 heterocycles. The zero-order valence-corrected chi connectivity index (χ0v) is 6.73. The van der Waals surface area contributed by atoms with Gasteiger partial charge in [0.25, 0.3) is 0 Å². The summed E-state index contributed by atoms with van der Waals surface area (Å²) in [6.07, 6.45) is 2.52. The molecular weight excluding hydrogens is 144 g/mol. The third-order valence-corrected chi connectivity index (χ3v) is 2.18. The van der Waals surface area contributed by atoms with Gasteiger partial charge in [-0.05, 0) is 26.2 Å². The summed E-state index contributed by atoms with van der Waals surface area (Å²) in [4.78, 5) is 10.2. The minimum Gasteiger partial charge on any atom is -0.391 e. The Morgan fingerprint density at radius 1 is 1.64 bits per heavy atom. The van der Waals surface area contributed by atoms with Gasteiger partial charge in [0, 0.05) is 6.54 Å². The van der Waals surface area contributed by atoms with E-state index in [0.29, 0.717) is 6.54 Å². The van der Waals surface area contributed by atoms with Gasteiger partial charge in [-0.3, -0.25) is 5.01 Å². The highest BCUT2D eigenvalue weighted by Gasteiger charge is 2.25. The molecule has 0 bridgehead atoms. The van der Waals surface area contributed by atoms with Gasteiger partial charge in [-0.1, -0.05) is 0 Å². The Bertz CT molecular complexity index is 138. The molecular formula is C7H14N2O2. The number of hydrogen-bond acceptors (Lipinski definition) is 3. The van der Waals surface area contributed by atoms with E-state index in [0.717, 1.165) is 19.3 Å². The first-order valence-corrected chi connectivity index (χ1v) is 4.03. The molecule has 0 aromatic rings. The van der Waals surface area contributed by atoms with Crippen molar-refractivity contribution in [2.45, 2.75) is 38.3 Å². The first-order chi connectivity index (χ1) is 5.25. The van der Waals surface area contributed by atoms with E-state index in [1.54, 1.807) is 6.92 Å². The fraction of sp³-hybridized carbons (Fsp3) is 1.00. The van der Waals surface area contributed by atoms with E-state index >= 15 is 0 Å². The van der Waals surface area contributed by atoms with E-state index in [-0.39, 0.29) is 6.04 Å². The molecule has 1 N–H and O–H groups in total. The molecule has 2 atom stereocenters. The van der Waals surface area contributed by atoms with Crippen LogP contribution in [0.1, 0.15) is 26.2 Å². The second kappa shape index (κ2) is 3.67. The van der Waals surface area contributed by atoms with Gasteiger partial charge in [-0.2, -0.15) is 0 Å². The van der Waals surface area contributed by atoms with Crippen molar-refractivity contribution in [3.8, 4) is 0 Å². The van der Waals surface area contributed by atoms with Crippen molar-refractivity contribution in [3.63, 3.8) is 0 Å². The molecule has 1 fully saturated rings. The molecule has 1 aliphatic heterocycles. The van der Waals surface area contributed by atoms with E-state index in [9.17, 15) is 10.0 Å². The maximum atomic E-state index is 10.2. The maximum Gasteiger partial charge on any atom is 0.0758 e. The molecule has 1 saturated heterocycles. The van der Waals surface area contributed by atoms with Gasteiger partial charge >= 0.3 is 0 Å². The molecule has 0 aliphatic carbocycles. The van der Waals surface area contributed by atoms with Crippen LogP contribution in [-0.2, 0) is 0 Å². The number of piperidine rings is 1. The monoisotopic (exact) mass is 158 g/mol. The highest BCUT2D eigenvalue weighted by Crippen LogP contribution is 2.19. The largest absolute Gasteiger partial charge is 0.391 e. The SMILES string of the molecule is CC(O)C1CCCCN1N=O. The predicted molar refractivity (Wildman–Crippen MR) is 41.8 cm³/mol. The third-order valence-electron chi connectivity index (χ3n) is 2.18. The summed E-state index contributed by atoms with van der Waals surface area (Å²) in [5.74, 6) is 0. The van der Waals surface area contributed by atoms with Crippen LogP contribution in [0.15, 0.2) is 5.29 Å². The average Bonchev–Trinajstić information content (AvgIpc) is 2.04. The van der Waals surface area contributed by atoms with Gasteiger partial charge in [0.2, 0.25) is 0 Å². The standard InChI is InChI=1S/C7H14N2O2/c1-6(10)7-4-2-3-5-9(7)8-11/h6-7,10H,2-5H2,1H3. The van der Waals surface area contributed by atoms with Crippen LogP contribution >= 0.6 is 0 Å². The van der Waals surface area contributed by atoms with Crippen molar-refractivity contribution < 1.29 is 5.11 Å².